The van der Waals surface area contributed by atoms with Gasteiger partial charge in [0.2, 0.25) is 0 Å². The molecule has 0 spiro atoms. The van der Waals surface area contributed by atoms with E-state index in [0.717, 1.165) is 36.1 Å². The number of hydrogen-bond donors (Lipinski definition) is 3. The lowest BCUT2D eigenvalue weighted by Crippen LogP contribution is -2.32. The van der Waals surface area contributed by atoms with Crippen LogP contribution in [0.5, 0.6) is 5.75 Å². The molecule has 3 rings (SSSR count). The summed E-state index contributed by atoms with van der Waals surface area (Å²) in [5.41, 5.74) is 5.41. The second-order valence-electron chi connectivity index (χ2n) is 10.8. The maximum atomic E-state index is 10.4. The average molecular weight is 455 g/mol. The normalized spacial score (nSPS) is 16.7. The third kappa shape index (κ3) is 6.17. The van der Waals surface area contributed by atoms with E-state index < -0.39 is 6.10 Å². The molecule has 0 radical (unpaired) electrons. The summed E-state index contributed by atoms with van der Waals surface area (Å²) in [5.74, 6) is 0.880. The zero-order valence-electron chi connectivity index (χ0n) is 20.9. The van der Waals surface area contributed by atoms with Crippen molar-refractivity contribution in [1.82, 2.24) is 0 Å². The molecule has 182 valence electrons. The molecule has 3 N–H and O–H groups in total. The van der Waals surface area contributed by atoms with Gasteiger partial charge in [-0.2, -0.15) is 0 Å². The molecule has 1 aliphatic rings. The summed E-state index contributed by atoms with van der Waals surface area (Å²) < 4.78 is 6.05. The number of benzene rings is 2. The monoisotopic (exact) mass is 454 g/mol. The van der Waals surface area contributed by atoms with Crippen molar-refractivity contribution >= 4 is 0 Å². The summed E-state index contributed by atoms with van der Waals surface area (Å²) in [6.45, 7) is 8.45. The molecule has 2 aromatic rings. The highest BCUT2D eigenvalue weighted by Gasteiger charge is 2.35. The van der Waals surface area contributed by atoms with E-state index in [1.54, 1.807) is 0 Å². The second-order valence-corrected chi connectivity index (χ2v) is 10.8. The first-order valence-electron chi connectivity index (χ1n) is 12.5. The Morgan fingerprint density at radius 2 is 1.64 bits per heavy atom. The van der Waals surface area contributed by atoms with Gasteiger partial charge in [-0.1, -0.05) is 70.9 Å². The van der Waals surface area contributed by atoms with E-state index in [-0.39, 0.29) is 24.0 Å². The average Bonchev–Trinajstić information content (AvgIpc) is 3.30. The number of ether oxygens (including phenoxy) is 1. The maximum absolute atomic E-state index is 10.4. The topological polar surface area (TPSA) is 69.9 Å². The van der Waals surface area contributed by atoms with Crippen LogP contribution < -0.4 is 4.74 Å². The first-order valence-corrected chi connectivity index (χ1v) is 12.5. The van der Waals surface area contributed by atoms with Crippen molar-refractivity contribution in [1.29, 1.82) is 0 Å². The molecule has 1 aliphatic carbocycles. The Bertz CT molecular complexity index is 906. The van der Waals surface area contributed by atoms with Crippen molar-refractivity contribution in [2.75, 3.05) is 6.61 Å². The van der Waals surface area contributed by atoms with Gasteiger partial charge in [0, 0.05) is 0 Å². The third-order valence-electron chi connectivity index (χ3n) is 7.51. The van der Waals surface area contributed by atoms with Gasteiger partial charge in [-0.15, -0.1) is 0 Å². The minimum atomic E-state index is -0.510. The predicted octanol–water partition coefficient (Wildman–Crippen LogP) is 5.46. The van der Waals surface area contributed by atoms with Crippen molar-refractivity contribution in [3.8, 4) is 5.75 Å². The van der Waals surface area contributed by atoms with Crippen LogP contribution in [0.15, 0.2) is 36.4 Å². The van der Waals surface area contributed by atoms with Gasteiger partial charge in [0.05, 0.1) is 19.3 Å². The molecule has 4 heteroatoms. The lowest BCUT2D eigenvalue weighted by Gasteiger charge is -2.31. The van der Waals surface area contributed by atoms with Crippen LogP contribution in [0.2, 0.25) is 0 Å². The summed E-state index contributed by atoms with van der Waals surface area (Å²) in [5, 5.41) is 29.5. The van der Waals surface area contributed by atoms with Gasteiger partial charge >= 0.3 is 0 Å². The molecular formula is C29H42O4. The fourth-order valence-electron chi connectivity index (χ4n) is 5.00. The Kier molecular flexibility index (Phi) is 8.60. The van der Waals surface area contributed by atoms with Crippen molar-refractivity contribution in [2.24, 2.45) is 5.41 Å². The number of aryl methyl sites for hydroxylation is 2. The van der Waals surface area contributed by atoms with E-state index >= 15 is 0 Å². The Balaban J connectivity index is 1.78. The largest absolute Gasteiger partial charge is 0.491 e. The summed E-state index contributed by atoms with van der Waals surface area (Å²) in [6.07, 6.45) is 7.31. The van der Waals surface area contributed by atoms with Crippen LogP contribution in [0.1, 0.15) is 87.6 Å². The highest BCUT2D eigenvalue weighted by Crippen LogP contribution is 2.45. The first-order chi connectivity index (χ1) is 15.7. The highest BCUT2D eigenvalue weighted by molar-refractivity contribution is 5.41. The number of aliphatic hydroxyl groups is 3. The molecule has 4 nitrogen and oxygen atoms in total. The molecule has 0 aliphatic heterocycles. The number of rotatable bonds is 10. The van der Waals surface area contributed by atoms with E-state index in [9.17, 15) is 15.3 Å². The van der Waals surface area contributed by atoms with Crippen LogP contribution in [-0.2, 0) is 31.5 Å². The molecule has 33 heavy (non-hydrogen) atoms. The number of aliphatic hydroxyl groups excluding tert-OH is 3. The lowest BCUT2D eigenvalue weighted by atomic mass is 9.74. The Labute approximate surface area is 199 Å². The SMILES string of the molecule is CCc1cc(C2(CCc3ccc(CO)c(CO)c3)CCCC2)ccc1OCC(O)C(C)(C)C. The molecule has 0 aromatic heterocycles. The zero-order chi connectivity index (χ0) is 24.1. The van der Waals surface area contributed by atoms with Crippen LogP contribution in [0.3, 0.4) is 0 Å². The molecule has 0 saturated heterocycles. The van der Waals surface area contributed by atoms with E-state index in [4.69, 9.17) is 4.74 Å². The van der Waals surface area contributed by atoms with Gasteiger partial charge in [0.25, 0.3) is 0 Å². The molecule has 1 saturated carbocycles. The van der Waals surface area contributed by atoms with Gasteiger partial charge in [0.1, 0.15) is 12.4 Å². The van der Waals surface area contributed by atoms with Crippen molar-refractivity contribution in [3.05, 3.63) is 64.2 Å². The second kappa shape index (κ2) is 11.0. The van der Waals surface area contributed by atoms with E-state index in [0.29, 0.717) is 6.61 Å². The van der Waals surface area contributed by atoms with Crippen molar-refractivity contribution in [2.45, 2.75) is 97.4 Å². The molecule has 1 unspecified atom stereocenters. The van der Waals surface area contributed by atoms with Crippen molar-refractivity contribution in [3.63, 3.8) is 0 Å². The first kappa shape index (κ1) is 25.7. The number of hydrogen-bond acceptors (Lipinski definition) is 4. The Morgan fingerprint density at radius 3 is 2.24 bits per heavy atom. The zero-order valence-corrected chi connectivity index (χ0v) is 20.9. The predicted molar refractivity (Wildman–Crippen MR) is 134 cm³/mol. The summed E-state index contributed by atoms with van der Waals surface area (Å²) in [6, 6.07) is 12.7. The molecule has 0 amide bonds. The summed E-state index contributed by atoms with van der Waals surface area (Å²) in [7, 11) is 0. The van der Waals surface area contributed by atoms with E-state index in [1.165, 1.54) is 42.4 Å². The fourth-order valence-corrected chi connectivity index (χ4v) is 5.00. The Morgan fingerprint density at radius 1 is 0.939 bits per heavy atom. The quantitative estimate of drug-likeness (QED) is 0.446. The molecule has 0 heterocycles. The van der Waals surface area contributed by atoms with Gasteiger partial charge in [-0.3, -0.25) is 0 Å². The maximum Gasteiger partial charge on any atom is 0.122 e. The smallest absolute Gasteiger partial charge is 0.122 e. The molecule has 1 atom stereocenters. The van der Waals surface area contributed by atoms with Crippen LogP contribution in [0, 0.1) is 5.41 Å². The molecule has 0 bridgehead atoms. The van der Waals surface area contributed by atoms with Gasteiger partial charge in [0.15, 0.2) is 0 Å². The lowest BCUT2D eigenvalue weighted by molar-refractivity contribution is 0.0215. The molecular weight excluding hydrogens is 412 g/mol. The minimum Gasteiger partial charge on any atom is -0.491 e. The summed E-state index contributed by atoms with van der Waals surface area (Å²) >= 11 is 0. The van der Waals surface area contributed by atoms with Gasteiger partial charge < -0.3 is 20.1 Å². The van der Waals surface area contributed by atoms with Crippen molar-refractivity contribution < 1.29 is 20.1 Å². The van der Waals surface area contributed by atoms with Crippen LogP contribution in [-0.4, -0.2) is 28.0 Å². The summed E-state index contributed by atoms with van der Waals surface area (Å²) in [4.78, 5) is 0. The third-order valence-corrected chi connectivity index (χ3v) is 7.51. The van der Waals surface area contributed by atoms with Crippen LogP contribution >= 0.6 is 0 Å². The molecule has 2 aromatic carbocycles. The van der Waals surface area contributed by atoms with E-state index in [1.807, 2.05) is 32.9 Å². The molecule has 1 fully saturated rings. The van der Waals surface area contributed by atoms with Crippen LogP contribution in [0.4, 0.5) is 0 Å². The van der Waals surface area contributed by atoms with Crippen LogP contribution in [0.25, 0.3) is 0 Å². The van der Waals surface area contributed by atoms with Gasteiger partial charge in [-0.05, 0) is 76.8 Å². The highest BCUT2D eigenvalue weighted by atomic mass is 16.5. The minimum absolute atomic E-state index is 0.0406. The fraction of sp³-hybridized carbons (Fsp3) is 0.586. The van der Waals surface area contributed by atoms with Gasteiger partial charge in [-0.25, -0.2) is 0 Å². The Hall–Kier alpha value is -1.88. The van der Waals surface area contributed by atoms with E-state index in [2.05, 4.69) is 31.2 Å². The standard InChI is InChI=1S/C29H42O4/c1-5-22-17-25(10-11-26(22)33-20-27(32)28(2,3)4)29(13-6-7-14-29)15-12-21-8-9-23(18-30)24(16-21)19-31/h8-11,16-17,27,30-32H,5-7,12-15,18-20H2,1-4H3.